The molecule has 1 heterocycles. The van der Waals surface area contributed by atoms with Gasteiger partial charge in [0.1, 0.15) is 5.82 Å². The third kappa shape index (κ3) is 2.98. The first-order chi connectivity index (χ1) is 7.99. The minimum atomic E-state index is -0.482. The summed E-state index contributed by atoms with van der Waals surface area (Å²) in [5.74, 6) is -0.296. The Balaban J connectivity index is 2.46. The first kappa shape index (κ1) is 13.7. The average Bonchev–Trinajstić information content (AvgIpc) is 2.60. The zero-order chi connectivity index (χ0) is 12.6. The Morgan fingerprint density at radius 3 is 2.41 bits per heavy atom. The number of halogens is 4. The molecule has 0 aliphatic rings. The van der Waals surface area contributed by atoms with E-state index in [1.54, 1.807) is 12.1 Å². The average molecular weight is 444 g/mol. The highest BCUT2D eigenvalue weighted by Gasteiger charge is 2.18. The Morgan fingerprint density at radius 2 is 1.82 bits per heavy atom. The lowest BCUT2D eigenvalue weighted by Crippen LogP contribution is -2.13. The second-order valence-corrected chi connectivity index (χ2v) is 8.09. The SMILES string of the molecule is NC(c1cc(Br)ccc1F)c1cc(Br)sc1Br. The third-order valence-corrected chi connectivity index (χ3v) is 5.19. The fourth-order valence-electron chi connectivity index (χ4n) is 1.49. The van der Waals surface area contributed by atoms with Crippen LogP contribution >= 0.6 is 59.1 Å². The molecule has 0 saturated carbocycles. The van der Waals surface area contributed by atoms with E-state index >= 15 is 0 Å². The zero-order valence-corrected chi connectivity index (χ0v) is 14.0. The summed E-state index contributed by atoms with van der Waals surface area (Å²) in [5, 5.41) is 0. The molecule has 2 aromatic rings. The minimum Gasteiger partial charge on any atom is -0.320 e. The quantitative estimate of drug-likeness (QED) is 0.676. The summed E-state index contributed by atoms with van der Waals surface area (Å²) < 4.78 is 16.4. The summed E-state index contributed by atoms with van der Waals surface area (Å²) in [6.07, 6.45) is 0. The van der Waals surface area contributed by atoms with Gasteiger partial charge in [-0.2, -0.15) is 0 Å². The largest absolute Gasteiger partial charge is 0.320 e. The van der Waals surface area contributed by atoms with Gasteiger partial charge in [-0.1, -0.05) is 15.9 Å². The van der Waals surface area contributed by atoms with Crippen LogP contribution in [0.25, 0.3) is 0 Å². The lowest BCUT2D eigenvalue weighted by atomic mass is 10.0. The molecule has 2 rings (SSSR count). The van der Waals surface area contributed by atoms with Crippen LogP contribution in [-0.2, 0) is 0 Å². The third-order valence-electron chi connectivity index (χ3n) is 2.31. The van der Waals surface area contributed by atoms with Crippen molar-refractivity contribution in [2.45, 2.75) is 6.04 Å². The van der Waals surface area contributed by atoms with E-state index in [4.69, 9.17) is 5.73 Å². The second kappa shape index (κ2) is 5.48. The molecule has 90 valence electrons. The number of nitrogens with two attached hydrogens (primary N) is 1. The molecular formula is C11H7Br3FNS. The molecular weight excluding hydrogens is 437 g/mol. The molecule has 1 aromatic heterocycles. The first-order valence-electron chi connectivity index (χ1n) is 4.64. The molecule has 17 heavy (non-hydrogen) atoms. The fraction of sp³-hybridized carbons (Fsp3) is 0.0909. The highest BCUT2D eigenvalue weighted by atomic mass is 79.9. The van der Waals surface area contributed by atoms with Gasteiger partial charge in [-0.25, -0.2) is 4.39 Å². The van der Waals surface area contributed by atoms with Gasteiger partial charge in [0.05, 0.1) is 13.6 Å². The summed E-state index contributed by atoms with van der Waals surface area (Å²) in [5.41, 5.74) is 7.45. The highest BCUT2D eigenvalue weighted by molar-refractivity contribution is 9.12. The van der Waals surface area contributed by atoms with Gasteiger partial charge >= 0.3 is 0 Å². The predicted molar refractivity (Wildman–Crippen MR) is 79.8 cm³/mol. The van der Waals surface area contributed by atoms with E-state index in [0.29, 0.717) is 5.56 Å². The van der Waals surface area contributed by atoms with Crippen molar-refractivity contribution in [2.75, 3.05) is 0 Å². The molecule has 0 saturated heterocycles. The molecule has 0 fully saturated rings. The number of thiophene rings is 1. The zero-order valence-electron chi connectivity index (χ0n) is 8.38. The summed E-state index contributed by atoms with van der Waals surface area (Å²) >= 11 is 11.7. The fourth-order valence-corrected chi connectivity index (χ4v) is 4.79. The summed E-state index contributed by atoms with van der Waals surface area (Å²) in [6, 6.07) is 6.20. The summed E-state index contributed by atoms with van der Waals surface area (Å²) in [7, 11) is 0. The van der Waals surface area contributed by atoms with E-state index in [9.17, 15) is 4.39 Å². The van der Waals surface area contributed by atoms with Crippen molar-refractivity contribution >= 4 is 59.1 Å². The van der Waals surface area contributed by atoms with Crippen molar-refractivity contribution in [3.63, 3.8) is 0 Å². The molecule has 1 nitrogen and oxygen atoms in total. The van der Waals surface area contributed by atoms with Crippen LogP contribution < -0.4 is 5.73 Å². The van der Waals surface area contributed by atoms with Crippen LogP contribution in [0.3, 0.4) is 0 Å². The van der Waals surface area contributed by atoms with Crippen molar-refractivity contribution in [2.24, 2.45) is 5.73 Å². The smallest absolute Gasteiger partial charge is 0.128 e. The maximum atomic E-state index is 13.7. The van der Waals surface area contributed by atoms with Gasteiger partial charge in [-0.3, -0.25) is 0 Å². The molecule has 0 bridgehead atoms. The monoisotopic (exact) mass is 441 g/mol. The normalized spacial score (nSPS) is 12.8. The number of hydrogen-bond donors (Lipinski definition) is 1. The summed E-state index contributed by atoms with van der Waals surface area (Å²) in [4.78, 5) is 0. The predicted octanol–water partition coefficient (Wildman–Crippen LogP) is 5.22. The molecule has 6 heteroatoms. The molecule has 1 atom stereocenters. The Bertz CT molecular complexity index is 556. The first-order valence-corrected chi connectivity index (χ1v) is 7.84. The number of hydrogen-bond acceptors (Lipinski definition) is 2. The molecule has 0 spiro atoms. The van der Waals surface area contributed by atoms with Gasteiger partial charge in [0, 0.05) is 10.0 Å². The van der Waals surface area contributed by atoms with Crippen molar-refractivity contribution < 1.29 is 4.39 Å². The Morgan fingerprint density at radius 1 is 1.12 bits per heavy atom. The van der Waals surface area contributed by atoms with Crippen molar-refractivity contribution in [3.8, 4) is 0 Å². The minimum absolute atomic E-state index is 0.296. The lowest BCUT2D eigenvalue weighted by molar-refractivity contribution is 0.599. The lowest BCUT2D eigenvalue weighted by Gasteiger charge is -2.12. The van der Waals surface area contributed by atoms with Crippen LogP contribution in [0.4, 0.5) is 4.39 Å². The van der Waals surface area contributed by atoms with E-state index in [1.165, 1.54) is 17.4 Å². The van der Waals surface area contributed by atoms with Crippen molar-refractivity contribution in [1.82, 2.24) is 0 Å². The molecule has 0 aliphatic heterocycles. The van der Waals surface area contributed by atoms with Crippen LogP contribution in [0.15, 0.2) is 36.3 Å². The van der Waals surface area contributed by atoms with Crippen molar-refractivity contribution in [1.29, 1.82) is 0 Å². The molecule has 2 N–H and O–H groups in total. The van der Waals surface area contributed by atoms with Gasteiger partial charge in [-0.05, 0) is 61.7 Å². The van der Waals surface area contributed by atoms with Crippen LogP contribution in [-0.4, -0.2) is 0 Å². The van der Waals surface area contributed by atoms with Crippen LogP contribution in [0.1, 0.15) is 17.2 Å². The molecule has 1 aromatic carbocycles. The Kier molecular flexibility index (Phi) is 4.41. The molecule has 1 unspecified atom stereocenters. The van der Waals surface area contributed by atoms with Crippen molar-refractivity contribution in [3.05, 3.63) is 53.3 Å². The number of rotatable bonds is 2. The van der Waals surface area contributed by atoms with E-state index in [0.717, 1.165) is 17.6 Å². The standard InChI is InChI=1S/C11H7Br3FNS/c12-5-1-2-8(15)6(3-5)10(16)7-4-9(13)17-11(7)14/h1-4,10H,16H2. The van der Waals surface area contributed by atoms with Crippen LogP contribution in [0, 0.1) is 5.82 Å². The van der Waals surface area contributed by atoms with Gasteiger partial charge in [-0.15, -0.1) is 11.3 Å². The van der Waals surface area contributed by atoms with Gasteiger partial charge in [0.25, 0.3) is 0 Å². The van der Waals surface area contributed by atoms with E-state index < -0.39 is 6.04 Å². The Hall–Kier alpha value is 0.250. The van der Waals surface area contributed by atoms with Gasteiger partial charge in [0.15, 0.2) is 0 Å². The number of benzene rings is 1. The van der Waals surface area contributed by atoms with Gasteiger partial charge < -0.3 is 5.73 Å². The Labute approximate surface area is 128 Å². The summed E-state index contributed by atoms with van der Waals surface area (Å²) in [6.45, 7) is 0. The van der Waals surface area contributed by atoms with Gasteiger partial charge in [0.2, 0.25) is 0 Å². The van der Waals surface area contributed by atoms with Crippen LogP contribution in [0.2, 0.25) is 0 Å². The maximum absolute atomic E-state index is 13.7. The maximum Gasteiger partial charge on any atom is 0.128 e. The molecule has 0 aliphatic carbocycles. The van der Waals surface area contributed by atoms with E-state index in [-0.39, 0.29) is 5.82 Å². The molecule has 0 amide bonds. The second-order valence-electron chi connectivity index (χ2n) is 3.42. The highest BCUT2D eigenvalue weighted by Crippen LogP contribution is 2.37. The topological polar surface area (TPSA) is 26.0 Å². The van der Waals surface area contributed by atoms with Crippen LogP contribution in [0.5, 0.6) is 0 Å². The van der Waals surface area contributed by atoms with E-state index in [1.807, 2.05) is 6.07 Å². The van der Waals surface area contributed by atoms with E-state index in [2.05, 4.69) is 47.8 Å². The molecule has 0 radical (unpaired) electrons.